The van der Waals surface area contributed by atoms with Crippen LogP contribution >= 0.6 is 0 Å². The van der Waals surface area contributed by atoms with Crippen molar-refractivity contribution in [3.05, 3.63) is 0 Å². The van der Waals surface area contributed by atoms with Crippen LogP contribution in [0.1, 0.15) is 80.1 Å². The van der Waals surface area contributed by atoms with Crippen LogP contribution in [-0.4, -0.2) is 60.4 Å². The topological polar surface area (TPSA) is 59.1 Å². The zero-order valence-electron chi connectivity index (χ0n) is 19.8. The molecule has 0 N–H and O–H groups in total. The zero-order valence-corrected chi connectivity index (χ0v) is 19.8. The molecule has 6 nitrogen and oxygen atoms in total. The summed E-state index contributed by atoms with van der Waals surface area (Å²) in [6.07, 6.45) is 4.69. The van der Waals surface area contributed by atoms with Crippen molar-refractivity contribution in [1.82, 2.24) is 9.80 Å². The van der Waals surface area contributed by atoms with Crippen LogP contribution in [0.25, 0.3) is 0 Å². The molecule has 0 rings (SSSR count). The Bertz CT molecular complexity index is 554. The molecule has 0 aliphatic rings. The van der Waals surface area contributed by atoms with Crippen LogP contribution in [0.5, 0.6) is 0 Å². The molecule has 0 fully saturated rings. The van der Waals surface area contributed by atoms with E-state index in [1.807, 2.05) is 41.5 Å². The van der Waals surface area contributed by atoms with Crippen LogP contribution in [0, 0.1) is 23.7 Å². The van der Waals surface area contributed by atoms with E-state index in [0.717, 1.165) is 38.5 Å². The maximum Gasteiger partial charge on any atom is 0.409 e. The van der Waals surface area contributed by atoms with E-state index in [9.17, 15) is 9.59 Å². The maximum atomic E-state index is 11.9. The molecule has 30 heavy (non-hydrogen) atoms. The summed E-state index contributed by atoms with van der Waals surface area (Å²) < 4.78 is 10.2. The van der Waals surface area contributed by atoms with Crippen LogP contribution in [0.4, 0.5) is 9.59 Å². The summed E-state index contributed by atoms with van der Waals surface area (Å²) in [5.41, 5.74) is 0. The first-order valence-corrected chi connectivity index (χ1v) is 11.2. The third kappa shape index (κ3) is 13.0. The van der Waals surface area contributed by atoms with Gasteiger partial charge in [-0.3, -0.25) is 0 Å². The predicted octanol–water partition coefficient (Wildman–Crippen LogP) is 5.07. The number of hydrogen-bond acceptors (Lipinski definition) is 4. The van der Waals surface area contributed by atoms with E-state index in [1.54, 1.807) is 9.80 Å². The highest BCUT2D eigenvalue weighted by Crippen LogP contribution is 2.07. The zero-order chi connectivity index (χ0) is 22.8. The fraction of sp³-hybridized carbons (Fsp3) is 0.750. The van der Waals surface area contributed by atoms with Crippen LogP contribution in [0.2, 0.25) is 0 Å². The fourth-order valence-electron chi connectivity index (χ4n) is 2.74. The molecule has 170 valence electrons. The third-order valence-corrected chi connectivity index (χ3v) is 4.39. The van der Waals surface area contributed by atoms with Gasteiger partial charge in [-0.2, -0.15) is 0 Å². The average Bonchev–Trinajstić information content (AvgIpc) is 2.67. The average molecular weight is 421 g/mol. The first kappa shape index (κ1) is 27.7. The van der Waals surface area contributed by atoms with Crippen LogP contribution in [0.15, 0.2) is 0 Å². The van der Waals surface area contributed by atoms with Crippen molar-refractivity contribution < 1.29 is 19.1 Å². The normalized spacial score (nSPS) is 10.0. The second-order valence-electron chi connectivity index (χ2n) is 7.49. The minimum atomic E-state index is -0.247. The van der Waals surface area contributed by atoms with Crippen LogP contribution in [0.3, 0.4) is 0 Å². The van der Waals surface area contributed by atoms with Crippen molar-refractivity contribution in [2.75, 3.05) is 26.3 Å². The number of ether oxygens (including phenoxy) is 2. The number of carbonyl (C=O) groups is 2. The monoisotopic (exact) mass is 420 g/mol. The molecule has 0 aromatic carbocycles. The lowest BCUT2D eigenvalue weighted by Gasteiger charge is -2.25. The lowest BCUT2D eigenvalue weighted by molar-refractivity contribution is 0.0944. The number of rotatable bonds is 12. The molecule has 0 aromatic rings. The van der Waals surface area contributed by atoms with Gasteiger partial charge < -0.3 is 19.3 Å². The first-order valence-electron chi connectivity index (χ1n) is 11.2. The molecule has 2 amide bonds. The minimum absolute atomic E-state index is 0.130. The van der Waals surface area contributed by atoms with Gasteiger partial charge in [0.25, 0.3) is 0 Å². The highest BCUT2D eigenvalue weighted by atomic mass is 16.6. The Balaban J connectivity index is 4.01. The van der Waals surface area contributed by atoms with Crippen LogP contribution < -0.4 is 0 Å². The van der Waals surface area contributed by atoms with Gasteiger partial charge in [-0.25, -0.2) is 9.59 Å². The summed E-state index contributed by atoms with van der Waals surface area (Å²) in [5, 5.41) is 0. The lowest BCUT2D eigenvalue weighted by Crippen LogP contribution is -2.38. The Labute approximate surface area is 183 Å². The van der Waals surface area contributed by atoms with Gasteiger partial charge >= 0.3 is 12.2 Å². The summed E-state index contributed by atoms with van der Waals surface area (Å²) in [4.78, 5) is 27.2. The van der Waals surface area contributed by atoms with E-state index in [1.165, 1.54) is 0 Å². The Morgan fingerprint density at radius 1 is 0.700 bits per heavy atom. The Hall–Kier alpha value is -2.34. The van der Waals surface area contributed by atoms with E-state index in [-0.39, 0.29) is 24.3 Å². The first-order chi connectivity index (χ1) is 14.3. The largest absolute Gasteiger partial charge is 0.450 e. The Morgan fingerprint density at radius 3 is 1.37 bits per heavy atom. The second kappa shape index (κ2) is 17.5. The summed E-state index contributed by atoms with van der Waals surface area (Å²) in [6, 6.07) is 0.261. The van der Waals surface area contributed by atoms with Gasteiger partial charge in [-0.05, 0) is 79.1 Å². The van der Waals surface area contributed by atoms with E-state index >= 15 is 0 Å². The summed E-state index contributed by atoms with van der Waals surface area (Å²) in [7, 11) is 0. The molecule has 0 saturated carbocycles. The molecule has 0 aliphatic carbocycles. The van der Waals surface area contributed by atoms with Crippen molar-refractivity contribution in [2.45, 2.75) is 92.2 Å². The van der Waals surface area contributed by atoms with Crippen molar-refractivity contribution in [3.63, 3.8) is 0 Å². The molecule has 6 heteroatoms. The molecule has 0 atom stereocenters. The number of amides is 2. The molecule has 0 aromatic heterocycles. The molecule has 0 spiro atoms. The molecular weight excluding hydrogens is 380 g/mol. The molecule has 0 saturated heterocycles. The van der Waals surface area contributed by atoms with E-state index in [2.05, 4.69) is 23.7 Å². The quantitative estimate of drug-likeness (QED) is 0.327. The van der Waals surface area contributed by atoms with Gasteiger partial charge in [0.15, 0.2) is 0 Å². The smallest absolute Gasteiger partial charge is 0.409 e. The van der Waals surface area contributed by atoms with E-state index in [4.69, 9.17) is 9.47 Å². The Morgan fingerprint density at radius 2 is 1.07 bits per heavy atom. The molecule has 0 unspecified atom stereocenters. The van der Waals surface area contributed by atoms with Gasteiger partial charge in [0, 0.05) is 38.0 Å². The molecule has 0 bridgehead atoms. The number of unbranched alkanes of at least 4 members (excludes halogenated alkanes) is 4. The molecule has 0 aliphatic heterocycles. The van der Waals surface area contributed by atoms with Gasteiger partial charge in [0.2, 0.25) is 0 Å². The highest BCUT2D eigenvalue weighted by Gasteiger charge is 2.17. The fourth-order valence-corrected chi connectivity index (χ4v) is 2.74. The Kier molecular flexibility index (Phi) is 16.1. The van der Waals surface area contributed by atoms with Gasteiger partial charge in [0.05, 0.1) is 13.2 Å². The van der Waals surface area contributed by atoms with Crippen molar-refractivity contribution in [1.29, 1.82) is 0 Å². The summed E-state index contributed by atoms with van der Waals surface area (Å²) >= 11 is 0. The SMILES string of the molecule is CCOC(=O)N(CCCCC#CC#CCCCCN(C(=O)OCC)C(C)C)C(C)C. The van der Waals surface area contributed by atoms with E-state index in [0.29, 0.717) is 26.3 Å². The predicted molar refractivity (Wildman–Crippen MR) is 121 cm³/mol. The summed E-state index contributed by atoms with van der Waals surface area (Å²) in [5.74, 6) is 11.9. The number of hydrogen-bond donors (Lipinski definition) is 0. The van der Waals surface area contributed by atoms with Crippen LogP contribution in [-0.2, 0) is 9.47 Å². The summed E-state index contributed by atoms with van der Waals surface area (Å²) in [6.45, 7) is 13.8. The van der Waals surface area contributed by atoms with Gasteiger partial charge in [-0.1, -0.05) is 11.8 Å². The third-order valence-electron chi connectivity index (χ3n) is 4.39. The van der Waals surface area contributed by atoms with E-state index < -0.39 is 0 Å². The van der Waals surface area contributed by atoms with Crippen molar-refractivity contribution >= 4 is 12.2 Å². The van der Waals surface area contributed by atoms with Crippen molar-refractivity contribution in [3.8, 4) is 23.7 Å². The van der Waals surface area contributed by atoms with Gasteiger partial charge in [-0.15, -0.1) is 0 Å². The standard InChI is InChI=1S/C24H40N2O4/c1-7-29-23(27)25(21(3)4)19-17-15-13-11-9-10-12-14-16-18-20-26(22(5)6)24(28)30-8-2/h21-22H,7-8,13-20H2,1-6H3. The maximum absolute atomic E-state index is 11.9. The molecule has 0 heterocycles. The molecular formula is C24H40N2O4. The second-order valence-corrected chi connectivity index (χ2v) is 7.49. The number of nitrogens with zero attached hydrogens (tertiary/aromatic N) is 2. The molecule has 0 radical (unpaired) electrons. The van der Waals surface area contributed by atoms with Crippen molar-refractivity contribution in [2.24, 2.45) is 0 Å². The van der Waals surface area contributed by atoms with Gasteiger partial charge in [0.1, 0.15) is 0 Å². The number of carbonyl (C=O) groups excluding carboxylic acids is 2. The minimum Gasteiger partial charge on any atom is -0.450 e. The highest BCUT2D eigenvalue weighted by molar-refractivity contribution is 5.68. The lowest BCUT2D eigenvalue weighted by atomic mass is 10.2.